The van der Waals surface area contributed by atoms with Crippen molar-refractivity contribution >= 4 is 9.84 Å². The van der Waals surface area contributed by atoms with Gasteiger partial charge in [0.25, 0.3) is 0 Å². The Morgan fingerprint density at radius 3 is 2.75 bits per heavy atom. The zero-order chi connectivity index (χ0) is 12.2. The van der Waals surface area contributed by atoms with Gasteiger partial charge >= 0.3 is 0 Å². The fourth-order valence-corrected chi connectivity index (χ4v) is 3.37. The van der Waals surface area contributed by atoms with Crippen LogP contribution in [0.4, 0.5) is 0 Å². The van der Waals surface area contributed by atoms with E-state index in [-0.39, 0.29) is 30.3 Å². The molecule has 0 unspecified atom stereocenters. The van der Waals surface area contributed by atoms with Crippen LogP contribution < -0.4 is 0 Å². The summed E-state index contributed by atoms with van der Waals surface area (Å²) in [6, 6.07) is -0.269. The highest BCUT2D eigenvalue weighted by molar-refractivity contribution is 7.91. The maximum absolute atomic E-state index is 11.4. The molecular formula is C10H21NO4S. The molecule has 0 radical (unpaired) electrons. The Labute approximate surface area is 97.3 Å². The van der Waals surface area contributed by atoms with Crippen molar-refractivity contribution in [3.63, 3.8) is 0 Å². The standard InChI is InChI=1S/C10H21NO4S/c1-9(2)15-5-3-11-4-6-16(13,14)8-10(11)7-12/h9-10,12H,3-8H2,1-2H3/t10-/m1/s1. The van der Waals surface area contributed by atoms with E-state index in [1.807, 2.05) is 18.7 Å². The summed E-state index contributed by atoms with van der Waals surface area (Å²) in [5.74, 6) is 0.246. The average Bonchev–Trinajstić information content (AvgIpc) is 2.19. The van der Waals surface area contributed by atoms with Crippen LogP contribution >= 0.6 is 0 Å². The normalized spacial score (nSPS) is 26.1. The molecular weight excluding hydrogens is 230 g/mol. The molecule has 0 amide bonds. The monoisotopic (exact) mass is 251 g/mol. The summed E-state index contributed by atoms with van der Waals surface area (Å²) in [5.41, 5.74) is 0. The highest BCUT2D eigenvalue weighted by Gasteiger charge is 2.30. The van der Waals surface area contributed by atoms with Gasteiger partial charge in [-0.3, -0.25) is 4.90 Å². The van der Waals surface area contributed by atoms with Crippen molar-refractivity contribution in [2.75, 3.05) is 37.8 Å². The molecule has 1 N–H and O–H groups in total. The molecule has 1 aliphatic rings. The minimum Gasteiger partial charge on any atom is -0.395 e. The molecule has 0 spiro atoms. The lowest BCUT2D eigenvalue weighted by Gasteiger charge is -2.34. The number of rotatable bonds is 5. The van der Waals surface area contributed by atoms with Gasteiger partial charge in [-0.05, 0) is 13.8 Å². The predicted molar refractivity (Wildman–Crippen MR) is 62.2 cm³/mol. The van der Waals surface area contributed by atoms with Gasteiger partial charge in [0.15, 0.2) is 9.84 Å². The van der Waals surface area contributed by atoms with Gasteiger partial charge in [-0.15, -0.1) is 0 Å². The van der Waals surface area contributed by atoms with Gasteiger partial charge in [-0.2, -0.15) is 0 Å². The van der Waals surface area contributed by atoms with E-state index in [1.165, 1.54) is 0 Å². The van der Waals surface area contributed by atoms with Crippen LogP contribution in [0, 0.1) is 0 Å². The van der Waals surface area contributed by atoms with Crippen LogP contribution in [-0.2, 0) is 14.6 Å². The third kappa shape index (κ3) is 4.37. The van der Waals surface area contributed by atoms with Crippen LogP contribution in [0.5, 0.6) is 0 Å². The lowest BCUT2D eigenvalue weighted by molar-refractivity contribution is 0.0428. The van der Waals surface area contributed by atoms with Crippen molar-refractivity contribution in [1.82, 2.24) is 4.90 Å². The molecule has 0 aromatic heterocycles. The van der Waals surface area contributed by atoms with Crippen LogP contribution in [0.1, 0.15) is 13.8 Å². The second-order valence-electron chi connectivity index (χ2n) is 4.41. The Kier molecular flexibility index (Phi) is 5.17. The zero-order valence-electron chi connectivity index (χ0n) is 9.92. The van der Waals surface area contributed by atoms with Crippen molar-refractivity contribution < 1.29 is 18.3 Å². The number of nitrogens with zero attached hydrogens (tertiary/aromatic N) is 1. The quantitative estimate of drug-likeness (QED) is 0.714. The van der Waals surface area contributed by atoms with Crippen molar-refractivity contribution in [3.8, 4) is 0 Å². The molecule has 0 aromatic rings. The molecule has 1 atom stereocenters. The maximum Gasteiger partial charge on any atom is 0.153 e. The first-order valence-corrected chi connectivity index (χ1v) is 7.43. The third-order valence-corrected chi connectivity index (χ3v) is 4.39. The van der Waals surface area contributed by atoms with E-state index in [9.17, 15) is 8.42 Å². The summed E-state index contributed by atoms with van der Waals surface area (Å²) in [5, 5.41) is 9.16. The maximum atomic E-state index is 11.4. The second-order valence-corrected chi connectivity index (χ2v) is 6.63. The lowest BCUT2D eigenvalue weighted by atomic mass is 10.3. The highest BCUT2D eigenvalue weighted by atomic mass is 32.2. The lowest BCUT2D eigenvalue weighted by Crippen LogP contribution is -2.51. The summed E-state index contributed by atoms with van der Waals surface area (Å²) in [6.07, 6.45) is 0.182. The first kappa shape index (κ1) is 13.9. The molecule has 1 rings (SSSR count). The molecule has 1 heterocycles. The summed E-state index contributed by atoms with van der Waals surface area (Å²) >= 11 is 0. The van der Waals surface area contributed by atoms with E-state index >= 15 is 0 Å². The smallest absolute Gasteiger partial charge is 0.153 e. The van der Waals surface area contributed by atoms with Gasteiger partial charge < -0.3 is 9.84 Å². The van der Waals surface area contributed by atoms with E-state index < -0.39 is 9.84 Å². The Bertz CT molecular complexity index is 302. The molecule has 1 aliphatic heterocycles. The summed E-state index contributed by atoms with van der Waals surface area (Å²) in [4.78, 5) is 1.99. The molecule has 16 heavy (non-hydrogen) atoms. The predicted octanol–water partition coefficient (Wildman–Crippen LogP) is -0.497. The molecule has 6 heteroatoms. The first-order chi connectivity index (χ1) is 7.44. The fraction of sp³-hybridized carbons (Fsp3) is 1.00. The van der Waals surface area contributed by atoms with Gasteiger partial charge in [0.1, 0.15) is 0 Å². The molecule has 0 aromatic carbocycles. The van der Waals surface area contributed by atoms with Crippen LogP contribution in [-0.4, -0.2) is 68.4 Å². The molecule has 1 fully saturated rings. The minimum atomic E-state index is -2.96. The number of sulfone groups is 1. The molecule has 0 aliphatic carbocycles. The summed E-state index contributed by atoms with van der Waals surface area (Å²) in [7, 11) is -2.96. The van der Waals surface area contributed by atoms with Gasteiger partial charge in [0, 0.05) is 19.1 Å². The average molecular weight is 251 g/mol. The van der Waals surface area contributed by atoms with Crippen molar-refractivity contribution in [1.29, 1.82) is 0 Å². The number of hydrogen-bond acceptors (Lipinski definition) is 5. The molecule has 0 bridgehead atoms. The van der Waals surface area contributed by atoms with Crippen LogP contribution in [0.15, 0.2) is 0 Å². The van der Waals surface area contributed by atoms with Crippen molar-refractivity contribution in [2.24, 2.45) is 0 Å². The topological polar surface area (TPSA) is 66.8 Å². The SMILES string of the molecule is CC(C)OCCN1CCS(=O)(=O)C[C@H]1CO. The third-order valence-electron chi connectivity index (χ3n) is 2.69. The van der Waals surface area contributed by atoms with E-state index in [0.29, 0.717) is 19.7 Å². The van der Waals surface area contributed by atoms with Crippen molar-refractivity contribution in [3.05, 3.63) is 0 Å². The van der Waals surface area contributed by atoms with E-state index in [4.69, 9.17) is 9.84 Å². The Hall–Kier alpha value is -0.170. The largest absolute Gasteiger partial charge is 0.395 e. The minimum absolute atomic E-state index is 0.0607. The number of aliphatic hydroxyl groups excluding tert-OH is 1. The molecule has 5 nitrogen and oxygen atoms in total. The molecule has 96 valence electrons. The molecule has 1 saturated heterocycles. The Morgan fingerprint density at radius 2 is 2.19 bits per heavy atom. The number of aliphatic hydroxyl groups is 1. The van der Waals surface area contributed by atoms with Gasteiger partial charge in [0.05, 0.1) is 30.8 Å². The van der Waals surface area contributed by atoms with Gasteiger partial charge in [-0.1, -0.05) is 0 Å². The zero-order valence-corrected chi connectivity index (χ0v) is 10.7. The van der Waals surface area contributed by atoms with E-state index in [0.717, 1.165) is 0 Å². The van der Waals surface area contributed by atoms with E-state index in [2.05, 4.69) is 0 Å². The number of hydrogen-bond donors (Lipinski definition) is 1. The van der Waals surface area contributed by atoms with E-state index in [1.54, 1.807) is 0 Å². The first-order valence-electron chi connectivity index (χ1n) is 5.61. The van der Waals surface area contributed by atoms with Crippen LogP contribution in [0.25, 0.3) is 0 Å². The summed E-state index contributed by atoms with van der Waals surface area (Å²) < 4.78 is 28.2. The highest BCUT2D eigenvalue weighted by Crippen LogP contribution is 2.11. The van der Waals surface area contributed by atoms with Gasteiger partial charge in [-0.25, -0.2) is 8.42 Å². The van der Waals surface area contributed by atoms with Crippen molar-refractivity contribution in [2.45, 2.75) is 26.0 Å². The number of ether oxygens (including phenoxy) is 1. The summed E-state index contributed by atoms with van der Waals surface area (Å²) in [6.45, 7) is 5.57. The Morgan fingerprint density at radius 1 is 1.50 bits per heavy atom. The Balaban J connectivity index is 2.41. The van der Waals surface area contributed by atoms with Crippen LogP contribution in [0.2, 0.25) is 0 Å². The second kappa shape index (κ2) is 5.95. The van der Waals surface area contributed by atoms with Crippen LogP contribution in [0.3, 0.4) is 0 Å². The van der Waals surface area contributed by atoms with Gasteiger partial charge in [0.2, 0.25) is 0 Å². The molecule has 0 saturated carbocycles. The fourth-order valence-electron chi connectivity index (χ4n) is 1.79.